The maximum absolute atomic E-state index is 4.60. The van der Waals surface area contributed by atoms with Crippen LogP contribution in [0.25, 0.3) is 0 Å². The van der Waals surface area contributed by atoms with Gasteiger partial charge in [-0.25, -0.2) is 4.98 Å². The summed E-state index contributed by atoms with van der Waals surface area (Å²) in [6.45, 7) is 6.08. The maximum Gasteiger partial charge on any atom is 0.0928 e. The minimum Gasteiger partial charge on any atom is -0.307 e. The molecule has 5 heteroatoms. The first kappa shape index (κ1) is 13.2. The van der Waals surface area contributed by atoms with Gasteiger partial charge in [-0.15, -0.1) is 11.3 Å². The number of nitrogens with zero attached hydrogens (tertiary/aromatic N) is 3. The Morgan fingerprint density at radius 1 is 1.50 bits per heavy atom. The first-order valence-corrected chi connectivity index (χ1v) is 7.30. The zero-order valence-corrected chi connectivity index (χ0v) is 11.8. The van der Waals surface area contributed by atoms with Crippen molar-refractivity contribution in [2.75, 3.05) is 0 Å². The second-order valence-electron chi connectivity index (χ2n) is 4.49. The normalized spacial score (nSPS) is 12.8. The topological polar surface area (TPSA) is 42.7 Å². The molecule has 2 heterocycles. The average Bonchev–Trinajstić information content (AvgIpc) is 2.99. The molecule has 1 atom stereocenters. The Morgan fingerprint density at radius 3 is 3.11 bits per heavy atom. The average molecular weight is 264 g/mol. The van der Waals surface area contributed by atoms with Crippen molar-refractivity contribution in [3.8, 4) is 0 Å². The second kappa shape index (κ2) is 6.66. The van der Waals surface area contributed by atoms with E-state index in [2.05, 4.69) is 34.6 Å². The van der Waals surface area contributed by atoms with Crippen molar-refractivity contribution in [1.82, 2.24) is 20.1 Å². The van der Waals surface area contributed by atoms with E-state index in [4.69, 9.17) is 0 Å². The van der Waals surface area contributed by atoms with Crippen LogP contribution in [0, 0.1) is 0 Å². The molecule has 18 heavy (non-hydrogen) atoms. The van der Waals surface area contributed by atoms with Crippen molar-refractivity contribution >= 4 is 11.3 Å². The molecule has 2 rings (SSSR count). The molecule has 98 valence electrons. The van der Waals surface area contributed by atoms with Crippen molar-refractivity contribution in [2.45, 2.75) is 45.8 Å². The Balaban J connectivity index is 1.76. The summed E-state index contributed by atoms with van der Waals surface area (Å²) < 4.78 is 1.95. The summed E-state index contributed by atoms with van der Waals surface area (Å²) in [5.74, 6) is 0. The third-order valence-electron chi connectivity index (χ3n) is 2.71. The molecule has 0 saturated heterocycles. The van der Waals surface area contributed by atoms with Crippen LogP contribution < -0.4 is 5.32 Å². The number of nitrogens with one attached hydrogen (secondary N) is 1. The van der Waals surface area contributed by atoms with E-state index in [0.29, 0.717) is 6.04 Å². The van der Waals surface area contributed by atoms with Gasteiger partial charge in [-0.2, -0.15) is 5.10 Å². The minimum atomic E-state index is 0.390. The third kappa shape index (κ3) is 3.92. The van der Waals surface area contributed by atoms with Crippen molar-refractivity contribution in [1.29, 1.82) is 0 Å². The number of hydrogen-bond donors (Lipinski definition) is 1. The van der Waals surface area contributed by atoms with Gasteiger partial charge in [0.25, 0.3) is 0 Å². The Bertz CT molecular complexity index is 449. The molecule has 0 fully saturated rings. The maximum atomic E-state index is 4.60. The van der Waals surface area contributed by atoms with Gasteiger partial charge in [0, 0.05) is 30.4 Å². The van der Waals surface area contributed by atoms with Crippen LogP contribution in [0.5, 0.6) is 0 Å². The predicted octanol–water partition coefficient (Wildman–Crippen LogP) is 2.47. The van der Waals surface area contributed by atoms with Crippen molar-refractivity contribution in [2.24, 2.45) is 0 Å². The molecule has 0 aliphatic carbocycles. The van der Waals surface area contributed by atoms with E-state index in [-0.39, 0.29) is 0 Å². The lowest BCUT2D eigenvalue weighted by molar-refractivity contribution is 0.448. The Labute approximate surface area is 112 Å². The number of thiazole rings is 1. The lowest BCUT2D eigenvalue weighted by Gasteiger charge is -2.12. The molecule has 0 bridgehead atoms. The van der Waals surface area contributed by atoms with E-state index >= 15 is 0 Å². The van der Waals surface area contributed by atoms with Crippen LogP contribution in [0.1, 0.15) is 31.0 Å². The highest BCUT2D eigenvalue weighted by Gasteiger charge is 2.05. The summed E-state index contributed by atoms with van der Waals surface area (Å²) in [6, 6.07) is 2.34. The van der Waals surface area contributed by atoms with Crippen molar-refractivity contribution in [3.63, 3.8) is 0 Å². The van der Waals surface area contributed by atoms with Gasteiger partial charge in [-0.05, 0) is 25.8 Å². The standard InChI is InChI=1S/C13H20N4S/c1-3-5-13-16-12(10-18-13)8-14-11(2)9-17-7-4-6-15-17/h4,6-7,10-11,14H,3,5,8-9H2,1-2H3/t11-/m0/s1. The molecule has 0 radical (unpaired) electrons. The van der Waals surface area contributed by atoms with Crippen LogP contribution in [0.4, 0.5) is 0 Å². The minimum absolute atomic E-state index is 0.390. The van der Waals surface area contributed by atoms with Crippen LogP contribution in [-0.2, 0) is 19.5 Å². The van der Waals surface area contributed by atoms with E-state index in [1.165, 1.54) is 5.01 Å². The molecular weight excluding hydrogens is 244 g/mol. The molecule has 0 saturated carbocycles. The van der Waals surface area contributed by atoms with E-state index in [0.717, 1.165) is 31.6 Å². The number of hydrogen-bond acceptors (Lipinski definition) is 4. The van der Waals surface area contributed by atoms with Gasteiger partial charge in [-0.1, -0.05) is 6.92 Å². The summed E-state index contributed by atoms with van der Waals surface area (Å²) >= 11 is 1.76. The quantitative estimate of drug-likeness (QED) is 0.835. The summed E-state index contributed by atoms with van der Waals surface area (Å²) in [6.07, 6.45) is 6.05. The van der Waals surface area contributed by atoms with Gasteiger partial charge in [0.05, 0.1) is 17.2 Å². The number of aryl methyl sites for hydroxylation is 1. The van der Waals surface area contributed by atoms with Crippen LogP contribution >= 0.6 is 11.3 Å². The van der Waals surface area contributed by atoms with Gasteiger partial charge in [-0.3, -0.25) is 4.68 Å². The summed E-state index contributed by atoms with van der Waals surface area (Å²) in [5.41, 5.74) is 1.15. The SMILES string of the molecule is CCCc1nc(CN[C@@H](C)Cn2cccn2)cs1. The van der Waals surface area contributed by atoms with Crippen LogP contribution in [0.2, 0.25) is 0 Å². The lowest BCUT2D eigenvalue weighted by Crippen LogP contribution is -2.30. The predicted molar refractivity (Wildman–Crippen MR) is 74.6 cm³/mol. The first-order chi connectivity index (χ1) is 8.78. The zero-order valence-electron chi connectivity index (χ0n) is 11.0. The Kier molecular flexibility index (Phi) is 4.90. The number of rotatable bonds is 7. The zero-order chi connectivity index (χ0) is 12.8. The molecule has 0 aliphatic rings. The molecule has 0 amide bonds. The summed E-state index contributed by atoms with van der Waals surface area (Å²) in [5, 5.41) is 11.1. The van der Waals surface area contributed by atoms with E-state index in [9.17, 15) is 0 Å². The van der Waals surface area contributed by atoms with Gasteiger partial charge < -0.3 is 5.32 Å². The summed E-state index contributed by atoms with van der Waals surface area (Å²) in [7, 11) is 0. The van der Waals surface area contributed by atoms with Crippen molar-refractivity contribution in [3.05, 3.63) is 34.5 Å². The van der Waals surface area contributed by atoms with E-state index in [1.54, 1.807) is 11.3 Å². The van der Waals surface area contributed by atoms with E-state index in [1.807, 2.05) is 23.1 Å². The molecule has 2 aromatic rings. The fourth-order valence-corrected chi connectivity index (χ4v) is 2.69. The van der Waals surface area contributed by atoms with Crippen LogP contribution in [0.15, 0.2) is 23.8 Å². The lowest BCUT2D eigenvalue weighted by atomic mass is 10.3. The molecule has 0 aromatic carbocycles. The highest BCUT2D eigenvalue weighted by atomic mass is 32.1. The highest BCUT2D eigenvalue weighted by Crippen LogP contribution is 2.11. The van der Waals surface area contributed by atoms with Crippen LogP contribution in [-0.4, -0.2) is 20.8 Å². The smallest absolute Gasteiger partial charge is 0.0928 e. The number of aromatic nitrogens is 3. The van der Waals surface area contributed by atoms with E-state index < -0.39 is 0 Å². The molecule has 1 N–H and O–H groups in total. The van der Waals surface area contributed by atoms with Gasteiger partial charge in [0.1, 0.15) is 0 Å². The Hall–Kier alpha value is -1.20. The molecular formula is C13H20N4S. The van der Waals surface area contributed by atoms with Crippen molar-refractivity contribution < 1.29 is 0 Å². The van der Waals surface area contributed by atoms with Gasteiger partial charge in [0.2, 0.25) is 0 Å². The molecule has 0 unspecified atom stereocenters. The molecule has 2 aromatic heterocycles. The molecule has 0 aliphatic heterocycles. The molecule has 4 nitrogen and oxygen atoms in total. The fraction of sp³-hybridized carbons (Fsp3) is 0.538. The largest absolute Gasteiger partial charge is 0.307 e. The third-order valence-corrected chi connectivity index (χ3v) is 3.67. The van der Waals surface area contributed by atoms with Gasteiger partial charge in [0.15, 0.2) is 0 Å². The van der Waals surface area contributed by atoms with Crippen LogP contribution in [0.3, 0.4) is 0 Å². The highest BCUT2D eigenvalue weighted by molar-refractivity contribution is 7.09. The first-order valence-electron chi connectivity index (χ1n) is 6.42. The molecule has 0 spiro atoms. The second-order valence-corrected chi connectivity index (χ2v) is 5.44. The van der Waals surface area contributed by atoms with Gasteiger partial charge >= 0.3 is 0 Å². The monoisotopic (exact) mass is 264 g/mol. The Morgan fingerprint density at radius 2 is 2.39 bits per heavy atom. The summed E-state index contributed by atoms with van der Waals surface area (Å²) in [4.78, 5) is 4.60. The fourth-order valence-electron chi connectivity index (χ4n) is 1.79.